The lowest BCUT2D eigenvalue weighted by Crippen LogP contribution is -2.37. The summed E-state index contributed by atoms with van der Waals surface area (Å²) in [5.41, 5.74) is 1.47. The SMILES string of the molecule is COCCCn1c(SCC(=O)NC(C)C(C)C)nc2scc(-c3ccccc3Cl)c2c1=O. The van der Waals surface area contributed by atoms with Gasteiger partial charge in [0.25, 0.3) is 5.56 Å². The van der Waals surface area contributed by atoms with Crippen LogP contribution in [0, 0.1) is 5.92 Å². The largest absolute Gasteiger partial charge is 0.385 e. The molecule has 0 aliphatic heterocycles. The normalized spacial score (nSPS) is 12.4. The molecular formula is C23H28ClN3O3S2. The van der Waals surface area contributed by atoms with Gasteiger partial charge in [0.1, 0.15) is 4.83 Å². The summed E-state index contributed by atoms with van der Waals surface area (Å²) in [5.74, 6) is 0.471. The number of nitrogens with zero attached hydrogens (tertiary/aromatic N) is 2. The molecule has 0 radical (unpaired) electrons. The molecule has 172 valence electrons. The van der Waals surface area contributed by atoms with Gasteiger partial charge in [-0.3, -0.25) is 14.2 Å². The van der Waals surface area contributed by atoms with Crippen LogP contribution in [-0.2, 0) is 16.1 Å². The third-order valence-electron chi connectivity index (χ3n) is 5.27. The summed E-state index contributed by atoms with van der Waals surface area (Å²) in [5, 5.41) is 6.61. The molecule has 0 saturated carbocycles. The first kappa shape index (κ1) is 24.8. The average Bonchev–Trinajstić information content (AvgIpc) is 3.18. The number of nitrogens with one attached hydrogen (secondary N) is 1. The van der Waals surface area contributed by atoms with Crippen molar-refractivity contribution in [3.05, 3.63) is 45.0 Å². The first-order valence-electron chi connectivity index (χ1n) is 10.5. The summed E-state index contributed by atoms with van der Waals surface area (Å²) in [7, 11) is 1.63. The zero-order chi connectivity index (χ0) is 23.3. The maximum atomic E-state index is 13.6. The lowest BCUT2D eigenvalue weighted by Gasteiger charge is -2.17. The summed E-state index contributed by atoms with van der Waals surface area (Å²) in [6.45, 7) is 7.10. The first-order valence-corrected chi connectivity index (χ1v) is 12.8. The summed E-state index contributed by atoms with van der Waals surface area (Å²) >= 11 is 9.09. The minimum Gasteiger partial charge on any atom is -0.385 e. The molecule has 0 aliphatic rings. The first-order chi connectivity index (χ1) is 15.3. The number of fused-ring (bicyclic) bond motifs is 1. The van der Waals surface area contributed by atoms with E-state index in [1.807, 2.05) is 36.6 Å². The van der Waals surface area contributed by atoms with Crippen LogP contribution in [0.5, 0.6) is 0 Å². The predicted molar refractivity (Wildman–Crippen MR) is 134 cm³/mol. The highest BCUT2D eigenvalue weighted by molar-refractivity contribution is 7.99. The Labute approximate surface area is 201 Å². The lowest BCUT2D eigenvalue weighted by molar-refractivity contribution is -0.119. The number of amides is 1. The zero-order valence-corrected chi connectivity index (χ0v) is 21.1. The van der Waals surface area contributed by atoms with Crippen molar-refractivity contribution in [2.75, 3.05) is 19.5 Å². The van der Waals surface area contributed by atoms with Crippen LogP contribution in [-0.4, -0.2) is 41.0 Å². The summed E-state index contributed by atoms with van der Waals surface area (Å²) in [6, 6.07) is 7.56. The van der Waals surface area contributed by atoms with Crippen LogP contribution in [0.3, 0.4) is 0 Å². The maximum Gasteiger partial charge on any atom is 0.263 e. The van der Waals surface area contributed by atoms with Crippen molar-refractivity contribution in [1.29, 1.82) is 0 Å². The molecule has 3 rings (SSSR count). The van der Waals surface area contributed by atoms with Crippen molar-refractivity contribution in [3.63, 3.8) is 0 Å². The van der Waals surface area contributed by atoms with Gasteiger partial charge in [-0.1, -0.05) is 55.4 Å². The molecule has 0 spiro atoms. The van der Waals surface area contributed by atoms with E-state index in [0.717, 1.165) is 11.1 Å². The highest BCUT2D eigenvalue weighted by Crippen LogP contribution is 2.35. The second kappa shape index (κ2) is 11.3. The smallest absolute Gasteiger partial charge is 0.263 e. The predicted octanol–water partition coefficient (Wildman–Crippen LogP) is 5.07. The van der Waals surface area contributed by atoms with Gasteiger partial charge in [-0.2, -0.15) is 0 Å². The molecule has 1 aromatic carbocycles. The second-order valence-corrected chi connectivity index (χ2v) is 10.1. The Morgan fingerprint density at radius 3 is 2.72 bits per heavy atom. The fourth-order valence-corrected chi connectivity index (χ4v) is 5.20. The Balaban J connectivity index is 1.97. The number of ether oxygens (including phenoxy) is 1. The van der Waals surface area contributed by atoms with E-state index in [2.05, 4.69) is 19.2 Å². The number of thioether (sulfide) groups is 1. The highest BCUT2D eigenvalue weighted by Gasteiger charge is 2.19. The zero-order valence-electron chi connectivity index (χ0n) is 18.7. The van der Waals surface area contributed by atoms with Crippen LogP contribution < -0.4 is 10.9 Å². The van der Waals surface area contributed by atoms with Crippen molar-refractivity contribution < 1.29 is 9.53 Å². The van der Waals surface area contributed by atoms with E-state index >= 15 is 0 Å². The minimum absolute atomic E-state index is 0.0723. The number of methoxy groups -OCH3 is 1. The molecule has 32 heavy (non-hydrogen) atoms. The number of hydrogen-bond acceptors (Lipinski definition) is 6. The Kier molecular flexibility index (Phi) is 8.76. The summed E-state index contributed by atoms with van der Waals surface area (Å²) < 4.78 is 6.82. The summed E-state index contributed by atoms with van der Waals surface area (Å²) in [4.78, 5) is 31.4. The molecule has 3 aromatic rings. The number of carbonyl (C=O) groups is 1. The second-order valence-electron chi connectivity index (χ2n) is 7.90. The van der Waals surface area contributed by atoms with E-state index in [4.69, 9.17) is 21.3 Å². The van der Waals surface area contributed by atoms with Gasteiger partial charge in [-0.05, 0) is 25.3 Å². The highest BCUT2D eigenvalue weighted by atomic mass is 35.5. The topological polar surface area (TPSA) is 73.2 Å². The van der Waals surface area contributed by atoms with Crippen molar-refractivity contribution in [2.45, 2.75) is 44.9 Å². The fraction of sp³-hybridized carbons (Fsp3) is 0.435. The van der Waals surface area contributed by atoms with Crippen LogP contribution in [0.2, 0.25) is 5.02 Å². The molecular weight excluding hydrogens is 466 g/mol. The van der Waals surface area contributed by atoms with Gasteiger partial charge >= 0.3 is 0 Å². The van der Waals surface area contributed by atoms with Gasteiger partial charge in [-0.15, -0.1) is 11.3 Å². The lowest BCUT2D eigenvalue weighted by atomic mass is 10.1. The molecule has 0 bridgehead atoms. The van der Waals surface area contributed by atoms with Gasteiger partial charge in [-0.25, -0.2) is 4.98 Å². The molecule has 1 N–H and O–H groups in total. The Morgan fingerprint density at radius 1 is 1.28 bits per heavy atom. The van der Waals surface area contributed by atoms with Crippen molar-refractivity contribution in [3.8, 4) is 11.1 Å². The molecule has 2 heterocycles. The average molecular weight is 494 g/mol. The molecule has 1 amide bonds. The fourth-order valence-electron chi connectivity index (χ4n) is 3.15. The summed E-state index contributed by atoms with van der Waals surface area (Å²) in [6.07, 6.45) is 0.666. The van der Waals surface area contributed by atoms with Crippen LogP contribution in [0.4, 0.5) is 0 Å². The third-order valence-corrected chi connectivity index (χ3v) is 7.45. The van der Waals surface area contributed by atoms with Crippen LogP contribution in [0.15, 0.2) is 39.6 Å². The van der Waals surface area contributed by atoms with Gasteiger partial charge in [0.15, 0.2) is 5.16 Å². The minimum atomic E-state index is -0.124. The maximum absolute atomic E-state index is 13.6. The van der Waals surface area contributed by atoms with Crippen molar-refractivity contribution in [1.82, 2.24) is 14.9 Å². The van der Waals surface area contributed by atoms with E-state index in [-0.39, 0.29) is 23.3 Å². The molecule has 6 nitrogen and oxygen atoms in total. The standard InChI is InChI=1S/C23H28ClN3O3S2/c1-14(2)15(3)25-19(28)13-32-23-26-21-20(22(29)27(23)10-7-11-30-4)17(12-31-21)16-8-5-6-9-18(16)24/h5-6,8-9,12,14-15H,7,10-11,13H2,1-4H3,(H,25,28). The number of rotatable bonds is 10. The number of hydrogen-bond donors (Lipinski definition) is 1. The van der Waals surface area contributed by atoms with Crippen molar-refractivity contribution >= 4 is 50.8 Å². The molecule has 1 unspecified atom stereocenters. The van der Waals surface area contributed by atoms with Crippen molar-refractivity contribution in [2.24, 2.45) is 5.92 Å². The quantitative estimate of drug-likeness (QED) is 0.242. The van der Waals surface area contributed by atoms with E-state index in [1.54, 1.807) is 11.7 Å². The Morgan fingerprint density at radius 2 is 2.03 bits per heavy atom. The number of aromatic nitrogens is 2. The van der Waals surface area contributed by atoms with Crippen LogP contribution in [0.25, 0.3) is 21.3 Å². The molecule has 1 atom stereocenters. The Hall–Kier alpha value is -1.87. The van der Waals surface area contributed by atoms with Gasteiger partial charge in [0.2, 0.25) is 5.91 Å². The van der Waals surface area contributed by atoms with Gasteiger partial charge in [0, 0.05) is 47.8 Å². The van der Waals surface area contributed by atoms with E-state index in [1.165, 1.54) is 23.1 Å². The van der Waals surface area contributed by atoms with E-state index in [0.29, 0.717) is 45.9 Å². The number of benzene rings is 1. The molecule has 0 saturated heterocycles. The number of carbonyl (C=O) groups excluding carboxylic acids is 1. The monoisotopic (exact) mass is 493 g/mol. The third kappa shape index (κ3) is 5.73. The van der Waals surface area contributed by atoms with E-state index < -0.39 is 0 Å². The van der Waals surface area contributed by atoms with Crippen LogP contribution in [0.1, 0.15) is 27.2 Å². The van der Waals surface area contributed by atoms with Gasteiger partial charge < -0.3 is 10.1 Å². The number of thiophene rings is 1. The molecule has 9 heteroatoms. The number of halogens is 1. The Bertz CT molecular complexity index is 1140. The molecule has 0 fully saturated rings. The van der Waals surface area contributed by atoms with E-state index in [9.17, 15) is 9.59 Å². The van der Waals surface area contributed by atoms with Gasteiger partial charge in [0.05, 0.1) is 11.1 Å². The molecule has 2 aromatic heterocycles. The van der Waals surface area contributed by atoms with Crippen LogP contribution >= 0.6 is 34.7 Å². The molecule has 0 aliphatic carbocycles.